The summed E-state index contributed by atoms with van der Waals surface area (Å²) < 4.78 is 25.3. The van der Waals surface area contributed by atoms with Crippen LogP contribution in [0.25, 0.3) is 10.9 Å². The topological polar surface area (TPSA) is 80.4 Å². The van der Waals surface area contributed by atoms with Crippen molar-refractivity contribution in [1.82, 2.24) is 10.3 Å². The van der Waals surface area contributed by atoms with Crippen LogP contribution in [0, 0.1) is 11.7 Å². The predicted molar refractivity (Wildman–Crippen MR) is 93.7 cm³/mol. The van der Waals surface area contributed by atoms with Crippen LogP contribution >= 0.6 is 0 Å². The average molecular weight is 360 g/mol. The number of carbonyl (C=O) groups excluding carboxylic acids is 1. The molecular weight excluding hydrogens is 339 g/mol. The van der Waals surface area contributed by atoms with E-state index in [2.05, 4.69) is 10.3 Å². The van der Waals surface area contributed by atoms with Gasteiger partial charge in [0.15, 0.2) is 5.43 Å². The lowest BCUT2D eigenvalue weighted by Gasteiger charge is -2.32. The first-order valence-corrected chi connectivity index (χ1v) is 8.93. The Morgan fingerprint density at radius 1 is 1.35 bits per heavy atom. The van der Waals surface area contributed by atoms with Crippen LogP contribution in [0.4, 0.5) is 4.39 Å². The highest BCUT2D eigenvalue weighted by Gasteiger charge is 2.31. The van der Waals surface area contributed by atoms with Crippen molar-refractivity contribution in [2.75, 3.05) is 19.8 Å². The lowest BCUT2D eigenvalue weighted by Crippen LogP contribution is -2.50. The molecule has 2 aromatic rings. The van der Waals surface area contributed by atoms with E-state index in [0.29, 0.717) is 32.2 Å². The van der Waals surface area contributed by atoms with Gasteiger partial charge in [0, 0.05) is 24.7 Å². The normalized spacial score (nSPS) is 23.1. The van der Waals surface area contributed by atoms with Crippen LogP contribution in [0.15, 0.2) is 29.1 Å². The second-order valence-electron chi connectivity index (χ2n) is 6.97. The van der Waals surface area contributed by atoms with Crippen molar-refractivity contribution in [2.24, 2.45) is 5.92 Å². The Morgan fingerprint density at radius 3 is 3.00 bits per heavy atom. The summed E-state index contributed by atoms with van der Waals surface area (Å²) in [4.78, 5) is 27.5. The van der Waals surface area contributed by atoms with Crippen molar-refractivity contribution in [1.29, 1.82) is 0 Å². The van der Waals surface area contributed by atoms with E-state index >= 15 is 0 Å². The summed E-state index contributed by atoms with van der Waals surface area (Å²) in [5.41, 5.74) is -0.310. The minimum atomic E-state index is -0.564. The molecule has 4 rings (SSSR count). The Kier molecular flexibility index (Phi) is 4.74. The summed E-state index contributed by atoms with van der Waals surface area (Å²) in [6, 6.07) is 5.25. The number of amides is 1. The highest BCUT2D eigenvalue weighted by molar-refractivity contribution is 5.95. The molecule has 1 aliphatic carbocycles. The molecular formula is C19H21FN2O4. The van der Waals surface area contributed by atoms with Gasteiger partial charge in [-0.3, -0.25) is 9.59 Å². The maximum Gasteiger partial charge on any atom is 0.268 e. The second-order valence-corrected chi connectivity index (χ2v) is 6.97. The van der Waals surface area contributed by atoms with Crippen LogP contribution in [0.1, 0.15) is 29.8 Å². The first kappa shape index (κ1) is 17.2. The van der Waals surface area contributed by atoms with Gasteiger partial charge in [-0.05, 0) is 37.3 Å². The molecule has 1 aromatic carbocycles. The van der Waals surface area contributed by atoms with Crippen LogP contribution in [0.5, 0.6) is 0 Å². The monoisotopic (exact) mass is 360 g/mol. The number of aromatic amines is 1. The van der Waals surface area contributed by atoms with Gasteiger partial charge in [-0.1, -0.05) is 6.07 Å². The zero-order valence-corrected chi connectivity index (χ0v) is 14.3. The van der Waals surface area contributed by atoms with E-state index in [1.165, 1.54) is 37.1 Å². The van der Waals surface area contributed by atoms with Crippen LogP contribution in [-0.2, 0) is 9.47 Å². The molecule has 1 aromatic heterocycles. The molecule has 2 heterocycles. The third-order valence-corrected chi connectivity index (χ3v) is 4.92. The first-order chi connectivity index (χ1) is 12.6. The number of fused-ring (bicyclic) bond motifs is 1. The van der Waals surface area contributed by atoms with Crippen LogP contribution in [-0.4, -0.2) is 42.9 Å². The summed E-state index contributed by atoms with van der Waals surface area (Å²) >= 11 is 0. The molecule has 6 nitrogen and oxygen atoms in total. The van der Waals surface area contributed by atoms with E-state index in [9.17, 15) is 14.0 Å². The Morgan fingerprint density at radius 2 is 2.19 bits per heavy atom. The molecule has 1 amide bonds. The minimum Gasteiger partial charge on any atom is -0.379 e. The van der Waals surface area contributed by atoms with Gasteiger partial charge in [0.1, 0.15) is 17.6 Å². The van der Waals surface area contributed by atoms with Gasteiger partial charge in [0.25, 0.3) is 5.91 Å². The van der Waals surface area contributed by atoms with Crippen molar-refractivity contribution in [3.05, 3.63) is 46.0 Å². The fraction of sp³-hybridized carbons (Fsp3) is 0.474. The van der Waals surface area contributed by atoms with Crippen LogP contribution in [0.3, 0.4) is 0 Å². The molecule has 7 heteroatoms. The number of hydrogen-bond donors (Lipinski definition) is 2. The number of aromatic nitrogens is 1. The Balaban J connectivity index is 1.52. The van der Waals surface area contributed by atoms with Gasteiger partial charge >= 0.3 is 0 Å². The number of para-hydroxylation sites is 1. The molecule has 2 aliphatic rings. The number of carbonyl (C=O) groups is 1. The van der Waals surface area contributed by atoms with Crippen LogP contribution in [0.2, 0.25) is 0 Å². The van der Waals surface area contributed by atoms with Crippen molar-refractivity contribution in [3.63, 3.8) is 0 Å². The standard InChI is InChI=1S/C19H21FN2O4/c20-13-3-1-2-12-16(23)8-15(21-18(12)13)19(24)22-14-6-7-25-10-17(14)26-9-11-4-5-11/h1-3,8,11,14,17H,4-7,9-10H2,(H,21,23)(H,22,24)/t14-,17-/m1/s1. The summed E-state index contributed by atoms with van der Waals surface area (Å²) in [6.45, 7) is 1.65. The number of H-pyrrole nitrogens is 1. The first-order valence-electron chi connectivity index (χ1n) is 8.93. The smallest absolute Gasteiger partial charge is 0.268 e. The fourth-order valence-corrected chi connectivity index (χ4v) is 3.19. The Bertz CT molecular complexity index is 877. The van der Waals surface area contributed by atoms with E-state index in [1.54, 1.807) is 0 Å². The van der Waals surface area contributed by atoms with E-state index in [-0.39, 0.29) is 28.7 Å². The van der Waals surface area contributed by atoms with E-state index in [0.717, 1.165) is 0 Å². The number of benzene rings is 1. The largest absolute Gasteiger partial charge is 0.379 e. The van der Waals surface area contributed by atoms with Gasteiger partial charge in [0.05, 0.1) is 18.2 Å². The number of pyridine rings is 1. The summed E-state index contributed by atoms with van der Waals surface area (Å²) in [5.74, 6) is -0.391. The van der Waals surface area contributed by atoms with Gasteiger partial charge in [0.2, 0.25) is 0 Å². The highest BCUT2D eigenvalue weighted by atomic mass is 19.1. The maximum atomic E-state index is 14.0. The lowest BCUT2D eigenvalue weighted by molar-refractivity contribution is -0.0697. The zero-order chi connectivity index (χ0) is 18.1. The van der Waals surface area contributed by atoms with Crippen molar-refractivity contribution in [3.8, 4) is 0 Å². The molecule has 2 N–H and O–H groups in total. The van der Waals surface area contributed by atoms with E-state index < -0.39 is 17.2 Å². The number of halogens is 1. The molecule has 2 fully saturated rings. The fourth-order valence-electron chi connectivity index (χ4n) is 3.19. The van der Waals surface area contributed by atoms with Crippen molar-refractivity contribution < 1.29 is 18.7 Å². The number of rotatable bonds is 5. The quantitative estimate of drug-likeness (QED) is 0.854. The molecule has 26 heavy (non-hydrogen) atoms. The minimum absolute atomic E-state index is 0.0404. The molecule has 0 unspecified atom stereocenters. The molecule has 2 atom stereocenters. The van der Waals surface area contributed by atoms with E-state index in [1.807, 2.05) is 0 Å². The Hall–Kier alpha value is -2.25. The third-order valence-electron chi connectivity index (χ3n) is 4.92. The summed E-state index contributed by atoms with van der Waals surface area (Å²) in [5, 5.41) is 3.12. The van der Waals surface area contributed by atoms with Crippen molar-refractivity contribution >= 4 is 16.8 Å². The third kappa shape index (κ3) is 3.64. The van der Waals surface area contributed by atoms with E-state index in [4.69, 9.17) is 9.47 Å². The van der Waals surface area contributed by atoms with Gasteiger partial charge in [-0.25, -0.2) is 4.39 Å². The molecule has 0 bridgehead atoms. The second kappa shape index (κ2) is 7.17. The lowest BCUT2D eigenvalue weighted by atomic mass is 10.1. The number of nitrogens with one attached hydrogen (secondary N) is 2. The number of ether oxygens (including phenoxy) is 2. The summed E-state index contributed by atoms with van der Waals surface area (Å²) in [7, 11) is 0. The highest BCUT2D eigenvalue weighted by Crippen LogP contribution is 2.29. The predicted octanol–water partition coefficient (Wildman–Crippen LogP) is 1.98. The molecule has 1 saturated carbocycles. The molecule has 1 saturated heterocycles. The van der Waals surface area contributed by atoms with Gasteiger partial charge in [-0.2, -0.15) is 0 Å². The number of hydrogen-bond acceptors (Lipinski definition) is 4. The molecule has 138 valence electrons. The molecule has 0 radical (unpaired) electrons. The van der Waals surface area contributed by atoms with Gasteiger partial charge < -0.3 is 19.8 Å². The molecule has 0 spiro atoms. The van der Waals surface area contributed by atoms with Gasteiger partial charge in [-0.15, -0.1) is 0 Å². The maximum absolute atomic E-state index is 14.0. The molecule has 1 aliphatic heterocycles. The van der Waals surface area contributed by atoms with Crippen molar-refractivity contribution in [2.45, 2.75) is 31.4 Å². The SMILES string of the molecule is O=C(N[C@@H]1CCOC[C@H]1OCC1CC1)c1cc(=O)c2cccc(F)c2[nH]1. The zero-order valence-electron chi connectivity index (χ0n) is 14.3. The average Bonchev–Trinajstić information content (AvgIpc) is 3.46. The van der Waals surface area contributed by atoms with Crippen LogP contribution < -0.4 is 10.7 Å². The Labute approximate surface area is 149 Å². The summed E-state index contributed by atoms with van der Waals surface area (Å²) in [6.07, 6.45) is 2.80.